The topological polar surface area (TPSA) is 54.0 Å². The standard InChI is InChI=1S/C15H17N3O/c1-11-5-3-7-13(9-11)10-16-15(19)18-14-8-4-6-12(2)17-14/h3-9H,10H2,1-2H3,(H2,16,17,18,19). The van der Waals surface area contributed by atoms with E-state index in [2.05, 4.69) is 15.6 Å². The van der Waals surface area contributed by atoms with Crippen LogP contribution in [0.2, 0.25) is 0 Å². The van der Waals surface area contributed by atoms with Gasteiger partial charge in [-0.3, -0.25) is 5.32 Å². The molecule has 0 fully saturated rings. The first-order valence-electron chi connectivity index (χ1n) is 6.17. The smallest absolute Gasteiger partial charge is 0.320 e. The number of carbonyl (C=O) groups excluding carboxylic acids is 1. The van der Waals surface area contributed by atoms with Gasteiger partial charge in [-0.05, 0) is 31.5 Å². The maximum absolute atomic E-state index is 11.7. The highest BCUT2D eigenvalue weighted by atomic mass is 16.2. The van der Waals surface area contributed by atoms with Crippen LogP contribution in [-0.2, 0) is 6.54 Å². The minimum absolute atomic E-state index is 0.250. The third-order valence-electron chi connectivity index (χ3n) is 2.67. The Bertz CT molecular complexity index is 581. The number of hydrogen-bond acceptors (Lipinski definition) is 2. The lowest BCUT2D eigenvalue weighted by atomic mass is 10.1. The number of carbonyl (C=O) groups is 1. The highest BCUT2D eigenvalue weighted by Gasteiger charge is 2.02. The summed E-state index contributed by atoms with van der Waals surface area (Å²) in [6, 6.07) is 13.3. The van der Waals surface area contributed by atoms with Gasteiger partial charge in [0.15, 0.2) is 0 Å². The Kier molecular flexibility index (Phi) is 4.13. The minimum atomic E-state index is -0.250. The third kappa shape index (κ3) is 4.10. The SMILES string of the molecule is Cc1cccc(CNC(=O)Nc2cccc(C)n2)c1. The first-order valence-corrected chi connectivity index (χ1v) is 6.17. The second kappa shape index (κ2) is 6.00. The number of urea groups is 1. The van der Waals surface area contributed by atoms with Crippen molar-refractivity contribution in [1.82, 2.24) is 10.3 Å². The Morgan fingerprint density at radius 3 is 2.68 bits per heavy atom. The van der Waals surface area contributed by atoms with E-state index in [1.165, 1.54) is 5.56 Å². The summed E-state index contributed by atoms with van der Waals surface area (Å²) < 4.78 is 0. The fourth-order valence-corrected chi connectivity index (χ4v) is 1.78. The van der Waals surface area contributed by atoms with Gasteiger partial charge in [0.05, 0.1) is 0 Å². The molecule has 2 aromatic rings. The highest BCUT2D eigenvalue weighted by molar-refractivity contribution is 5.88. The molecule has 0 aliphatic rings. The summed E-state index contributed by atoms with van der Waals surface area (Å²) in [5, 5.41) is 5.51. The second-order valence-corrected chi connectivity index (χ2v) is 4.46. The van der Waals surface area contributed by atoms with E-state index >= 15 is 0 Å². The zero-order valence-corrected chi connectivity index (χ0v) is 11.1. The first-order chi connectivity index (χ1) is 9.13. The zero-order valence-electron chi connectivity index (χ0n) is 11.1. The molecule has 4 nitrogen and oxygen atoms in total. The molecule has 4 heteroatoms. The third-order valence-corrected chi connectivity index (χ3v) is 2.67. The molecular weight excluding hydrogens is 238 g/mol. The molecule has 1 aromatic carbocycles. The van der Waals surface area contributed by atoms with Gasteiger partial charge in [-0.1, -0.05) is 35.9 Å². The van der Waals surface area contributed by atoms with Crippen molar-refractivity contribution in [3.63, 3.8) is 0 Å². The molecule has 2 N–H and O–H groups in total. The Morgan fingerprint density at radius 2 is 1.95 bits per heavy atom. The lowest BCUT2D eigenvalue weighted by Crippen LogP contribution is -2.28. The van der Waals surface area contributed by atoms with Crippen LogP contribution in [0.1, 0.15) is 16.8 Å². The molecule has 0 radical (unpaired) electrons. The van der Waals surface area contributed by atoms with E-state index in [9.17, 15) is 4.79 Å². The van der Waals surface area contributed by atoms with Gasteiger partial charge in [-0.15, -0.1) is 0 Å². The van der Waals surface area contributed by atoms with Crippen LogP contribution in [0.15, 0.2) is 42.5 Å². The maximum Gasteiger partial charge on any atom is 0.320 e. The molecule has 2 rings (SSSR count). The van der Waals surface area contributed by atoms with E-state index in [1.54, 1.807) is 6.07 Å². The number of anilines is 1. The Hall–Kier alpha value is -2.36. The van der Waals surface area contributed by atoms with E-state index < -0.39 is 0 Å². The van der Waals surface area contributed by atoms with Crippen LogP contribution < -0.4 is 10.6 Å². The summed E-state index contributed by atoms with van der Waals surface area (Å²) in [5.74, 6) is 0.557. The Balaban J connectivity index is 1.88. The predicted molar refractivity (Wildman–Crippen MR) is 76.0 cm³/mol. The van der Waals surface area contributed by atoms with Gasteiger partial charge in [0.25, 0.3) is 0 Å². The zero-order chi connectivity index (χ0) is 13.7. The first kappa shape index (κ1) is 13.1. The highest BCUT2D eigenvalue weighted by Crippen LogP contribution is 2.05. The molecule has 1 heterocycles. The van der Waals surface area contributed by atoms with Crippen LogP contribution in [0, 0.1) is 13.8 Å². The van der Waals surface area contributed by atoms with Crippen molar-refractivity contribution >= 4 is 11.8 Å². The number of hydrogen-bond donors (Lipinski definition) is 2. The van der Waals surface area contributed by atoms with Crippen LogP contribution in [0.25, 0.3) is 0 Å². The molecule has 0 atom stereocenters. The summed E-state index contributed by atoms with van der Waals surface area (Å²) in [6.07, 6.45) is 0. The molecule has 0 spiro atoms. The monoisotopic (exact) mass is 255 g/mol. The van der Waals surface area contributed by atoms with Crippen molar-refractivity contribution in [3.05, 3.63) is 59.3 Å². The quantitative estimate of drug-likeness (QED) is 0.885. The van der Waals surface area contributed by atoms with Crippen LogP contribution in [0.3, 0.4) is 0 Å². The van der Waals surface area contributed by atoms with Crippen LogP contribution in [-0.4, -0.2) is 11.0 Å². The van der Waals surface area contributed by atoms with E-state index in [1.807, 2.05) is 50.2 Å². The van der Waals surface area contributed by atoms with Crippen LogP contribution in [0.4, 0.5) is 10.6 Å². The number of aryl methyl sites for hydroxylation is 2. The van der Waals surface area contributed by atoms with Crippen molar-refractivity contribution in [2.75, 3.05) is 5.32 Å². The van der Waals surface area contributed by atoms with E-state index in [-0.39, 0.29) is 6.03 Å². The second-order valence-electron chi connectivity index (χ2n) is 4.46. The molecule has 2 amide bonds. The molecule has 19 heavy (non-hydrogen) atoms. The number of aromatic nitrogens is 1. The van der Waals surface area contributed by atoms with Crippen molar-refractivity contribution in [2.24, 2.45) is 0 Å². The summed E-state index contributed by atoms with van der Waals surface area (Å²) in [7, 11) is 0. The Morgan fingerprint density at radius 1 is 1.16 bits per heavy atom. The number of benzene rings is 1. The number of nitrogens with zero attached hydrogens (tertiary/aromatic N) is 1. The van der Waals surface area contributed by atoms with Crippen molar-refractivity contribution in [3.8, 4) is 0 Å². The van der Waals surface area contributed by atoms with Gasteiger partial charge in [-0.25, -0.2) is 9.78 Å². The average molecular weight is 255 g/mol. The molecule has 98 valence electrons. The van der Waals surface area contributed by atoms with Gasteiger partial charge in [-0.2, -0.15) is 0 Å². The van der Waals surface area contributed by atoms with Gasteiger partial charge >= 0.3 is 6.03 Å². The van der Waals surface area contributed by atoms with Crippen LogP contribution >= 0.6 is 0 Å². The van der Waals surface area contributed by atoms with Crippen molar-refractivity contribution in [2.45, 2.75) is 20.4 Å². The van der Waals surface area contributed by atoms with E-state index in [0.717, 1.165) is 11.3 Å². The minimum Gasteiger partial charge on any atom is -0.334 e. The van der Waals surface area contributed by atoms with Gasteiger partial charge in [0, 0.05) is 12.2 Å². The van der Waals surface area contributed by atoms with Crippen LogP contribution in [0.5, 0.6) is 0 Å². The van der Waals surface area contributed by atoms with Crippen molar-refractivity contribution < 1.29 is 4.79 Å². The lowest BCUT2D eigenvalue weighted by Gasteiger charge is -2.08. The maximum atomic E-state index is 11.7. The molecular formula is C15H17N3O. The molecule has 0 saturated heterocycles. The number of amides is 2. The summed E-state index contributed by atoms with van der Waals surface area (Å²) in [4.78, 5) is 15.9. The summed E-state index contributed by atoms with van der Waals surface area (Å²) in [5.41, 5.74) is 3.13. The Labute approximate surface area is 112 Å². The molecule has 0 bridgehead atoms. The van der Waals surface area contributed by atoms with Gasteiger partial charge in [0.1, 0.15) is 5.82 Å². The predicted octanol–water partition coefficient (Wildman–Crippen LogP) is 3.02. The van der Waals surface area contributed by atoms with Crippen molar-refractivity contribution in [1.29, 1.82) is 0 Å². The molecule has 0 unspecified atom stereocenters. The number of nitrogens with one attached hydrogen (secondary N) is 2. The van der Waals surface area contributed by atoms with Gasteiger partial charge in [0.2, 0.25) is 0 Å². The fraction of sp³-hybridized carbons (Fsp3) is 0.200. The number of rotatable bonds is 3. The summed E-state index contributed by atoms with van der Waals surface area (Å²) >= 11 is 0. The number of pyridine rings is 1. The lowest BCUT2D eigenvalue weighted by molar-refractivity contribution is 0.251. The fourth-order valence-electron chi connectivity index (χ4n) is 1.78. The van der Waals surface area contributed by atoms with Gasteiger partial charge < -0.3 is 5.32 Å². The van der Waals surface area contributed by atoms with E-state index in [0.29, 0.717) is 12.4 Å². The molecule has 0 aliphatic carbocycles. The largest absolute Gasteiger partial charge is 0.334 e. The molecule has 0 aliphatic heterocycles. The van der Waals surface area contributed by atoms with E-state index in [4.69, 9.17) is 0 Å². The molecule has 0 saturated carbocycles. The average Bonchev–Trinajstić information content (AvgIpc) is 2.36. The summed E-state index contributed by atoms with van der Waals surface area (Å²) in [6.45, 7) is 4.41. The molecule has 1 aromatic heterocycles. The normalized spacial score (nSPS) is 10.0.